The van der Waals surface area contributed by atoms with E-state index in [4.69, 9.17) is 12.2 Å². The summed E-state index contributed by atoms with van der Waals surface area (Å²) in [6.45, 7) is 0. The Morgan fingerprint density at radius 1 is 0.966 bits per heavy atom. The van der Waals surface area contributed by atoms with Gasteiger partial charge in [0.2, 0.25) is 5.91 Å². The van der Waals surface area contributed by atoms with E-state index in [1.165, 1.54) is 68.8 Å². The zero-order chi connectivity index (χ0) is 21.4. The van der Waals surface area contributed by atoms with Crippen molar-refractivity contribution in [3.05, 3.63) is 71.0 Å². The maximum absolute atomic E-state index is 12.9. The lowest BCUT2D eigenvalue weighted by Crippen LogP contribution is -2.33. The number of amides is 1. The molecule has 2 rings (SSSR count). The van der Waals surface area contributed by atoms with Crippen molar-refractivity contribution in [3.63, 3.8) is 0 Å². The maximum atomic E-state index is 12.9. The molecule has 0 bridgehead atoms. The first-order valence-corrected chi connectivity index (χ1v) is 8.60. The minimum atomic E-state index is -0.656. The number of anilines is 1. The highest BCUT2D eigenvalue weighted by atomic mass is 32.1. The van der Waals surface area contributed by atoms with Crippen LogP contribution < -0.4 is 10.6 Å². The minimum absolute atomic E-state index is 0.0587. The number of halogens is 1. The van der Waals surface area contributed by atoms with E-state index in [-0.39, 0.29) is 27.7 Å². The van der Waals surface area contributed by atoms with Crippen LogP contribution in [0.1, 0.15) is 26.3 Å². The van der Waals surface area contributed by atoms with Crippen molar-refractivity contribution in [2.24, 2.45) is 0 Å². The Hall–Kier alpha value is -3.59. The molecule has 0 aliphatic heterocycles. The molecule has 9 heteroatoms. The molecule has 0 aromatic heterocycles. The number of nitrogens with one attached hydrogen (secondary N) is 2. The number of hydrogen-bond donors (Lipinski definition) is 2. The third-order valence-electron chi connectivity index (χ3n) is 3.57. The van der Waals surface area contributed by atoms with E-state index >= 15 is 0 Å². The highest BCUT2D eigenvalue weighted by molar-refractivity contribution is 7.80. The Balaban J connectivity index is 2.08. The first-order valence-electron chi connectivity index (χ1n) is 8.19. The number of carbonyl (C=O) groups excluding carboxylic acids is 3. The molecule has 0 fully saturated rings. The van der Waals surface area contributed by atoms with Crippen molar-refractivity contribution in [3.8, 4) is 0 Å². The highest BCUT2D eigenvalue weighted by Gasteiger charge is 2.14. The monoisotopic (exact) mass is 416 g/mol. The number of thiocarbonyl (C=S) groups is 1. The van der Waals surface area contributed by atoms with Gasteiger partial charge in [-0.1, -0.05) is 12.1 Å². The Labute approximate surface area is 171 Å². The lowest BCUT2D eigenvalue weighted by Gasteiger charge is -2.11. The molecule has 2 aromatic rings. The molecule has 2 N–H and O–H groups in total. The molecule has 0 aliphatic carbocycles. The van der Waals surface area contributed by atoms with Crippen LogP contribution in [0.3, 0.4) is 0 Å². The summed E-state index contributed by atoms with van der Waals surface area (Å²) in [5, 5.41) is 5.08. The largest absolute Gasteiger partial charge is 0.465 e. The molecule has 0 saturated heterocycles. The zero-order valence-electron chi connectivity index (χ0n) is 15.5. The fraction of sp³-hybridized carbons (Fsp3) is 0.100. The first-order chi connectivity index (χ1) is 13.8. The van der Waals surface area contributed by atoms with Gasteiger partial charge < -0.3 is 14.8 Å². The molecule has 1 amide bonds. The molecule has 7 nitrogen and oxygen atoms in total. The number of ether oxygens (including phenoxy) is 2. The maximum Gasteiger partial charge on any atom is 0.337 e. The van der Waals surface area contributed by atoms with Gasteiger partial charge in [0.1, 0.15) is 5.82 Å². The quantitative estimate of drug-likeness (QED) is 0.440. The summed E-state index contributed by atoms with van der Waals surface area (Å²) in [5.41, 5.74) is 1.11. The summed E-state index contributed by atoms with van der Waals surface area (Å²) in [5.74, 6) is -2.21. The molecule has 0 unspecified atom stereocenters. The van der Waals surface area contributed by atoms with Gasteiger partial charge >= 0.3 is 11.9 Å². The number of benzene rings is 2. The molecule has 0 spiro atoms. The van der Waals surface area contributed by atoms with Gasteiger partial charge in [-0.25, -0.2) is 14.0 Å². The Bertz CT molecular complexity index is 939. The van der Waals surface area contributed by atoms with Crippen LogP contribution in [-0.4, -0.2) is 37.2 Å². The Morgan fingerprint density at radius 2 is 1.52 bits per heavy atom. The van der Waals surface area contributed by atoms with E-state index in [0.717, 1.165) is 0 Å². The van der Waals surface area contributed by atoms with Crippen LogP contribution in [0.25, 0.3) is 6.08 Å². The predicted octanol–water partition coefficient (Wildman–Crippen LogP) is 2.93. The average molecular weight is 416 g/mol. The van der Waals surface area contributed by atoms with Crippen LogP contribution >= 0.6 is 12.2 Å². The molecule has 0 heterocycles. The normalized spacial score (nSPS) is 10.3. The summed E-state index contributed by atoms with van der Waals surface area (Å²) in [6, 6.07) is 9.71. The van der Waals surface area contributed by atoms with Gasteiger partial charge in [0.05, 0.1) is 25.3 Å². The van der Waals surface area contributed by atoms with E-state index in [1.54, 1.807) is 0 Å². The summed E-state index contributed by atoms with van der Waals surface area (Å²) >= 11 is 5.08. The van der Waals surface area contributed by atoms with Gasteiger partial charge in [-0.2, -0.15) is 0 Å². The van der Waals surface area contributed by atoms with Crippen LogP contribution in [0, 0.1) is 5.82 Å². The molecule has 29 heavy (non-hydrogen) atoms. The third kappa shape index (κ3) is 6.51. The van der Waals surface area contributed by atoms with Crippen LogP contribution in [0.15, 0.2) is 48.5 Å². The van der Waals surface area contributed by atoms with Crippen molar-refractivity contribution in [2.75, 3.05) is 19.5 Å². The average Bonchev–Trinajstić information content (AvgIpc) is 2.71. The summed E-state index contributed by atoms with van der Waals surface area (Å²) in [7, 11) is 2.41. The fourth-order valence-corrected chi connectivity index (χ4v) is 2.45. The second-order valence-electron chi connectivity index (χ2n) is 5.61. The van der Waals surface area contributed by atoms with E-state index in [9.17, 15) is 18.8 Å². The van der Waals surface area contributed by atoms with Crippen molar-refractivity contribution >= 4 is 46.9 Å². The predicted molar refractivity (Wildman–Crippen MR) is 109 cm³/mol. The molecule has 2 aromatic carbocycles. The number of methoxy groups -OCH3 is 2. The minimum Gasteiger partial charge on any atom is -0.465 e. The van der Waals surface area contributed by atoms with E-state index in [0.29, 0.717) is 5.56 Å². The summed E-state index contributed by atoms with van der Waals surface area (Å²) in [4.78, 5) is 35.6. The van der Waals surface area contributed by atoms with Crippen molar-refractivity contribution < 1.29 is 28.2 Å². The van der Waals surface area contributed by atoms with Crippen LogP contribution in [0.2, 0.25) is 0 Å². The van der Waals surface area contributed by atoms with Gasteiger partial charge in [0, 0.05) is 11.8 Å². The smallest absolute Gasteiger partial charge is 0.337 e. The summed E-state index contributed by atoms with van der Waals surface area (Å²) < 4.78 is 22.2. The molecule has 0 aliphatic rings. The second-order valence-corrected chi connectivity index (χ2v) is 6.02. The Kier molecular flexibility index (Phi) is 7.55. The number of esters is 2. The lowest BCUT2D eigenvalue weighted by molar-refractivity contribution is -0.115. The van der Waals surface area contributed by atoms with Gasteiger partial charge in [-0.05, 0) is 54.2 Å². The van der Waals surface area contributed by atoms with Crippen LogP contribution in [-0.2, 0) is 14.3 Å². The number of hydrogen-bond acceptors (Lipinski definition) is 6. The molecule has 0 saturated carbocycles. The molecule has 0 atom stereocenters. The second kappa shape index (κ2) is 10.1. The van der Waals surface area contributed by atoms with E-state index in [1.807, 2.05) is 0 Å². The lowest BCUT2D eigenvalue weighted by atomic mass is 10.1. The van der Waals surface area contributed by atoms with Crippen molar-refractivity contribution in [1.82, 2.24) is 5.32 Å². The molecular formula is C20H17FN2O5S. The topological polar surface area (TPSA) is 93.7 Å². The van der Waals surface area contributed by atoms with Gasteiger partial charge in [0.25, 0.3) is 0 Å². The van der Waals surface area contributed by atoms with E-state index < -0.39 is 17.8 Å². The van der Waals surface area contributed by atoms with Crippen LogP contribution in [0.5, 0.6) is 0 Å². The summed E-state index contributed by atoms with van der Waals surface area (Å²) in [6.07, 6.45) is 2.72. The number of rotatable bonds is 5. The zero-order valence-corrected chi connectivity index (χ0v) is 16.3. The number of carbonyl (C=O) groups is 3. The SMILES string of the molecule is COC(=O)c1cc(NC(=S)NC(=O)C=Cc2ccc(F)cc2)cc(C(=O)OC)c1. The standard InChI is InChI=1S/C20H17FN2O5S/c1-27-18(25)13-9-14(19(26)28-2)11-16(10-13)22-20(29)23-17(24)8-5-12-3-6-15(21)7-4-12/h3-11H,1-2H3,(H2,22,23,24,29). The third-order valence-corrected chi connectivity index (χ3v) is 3.77. The van der Waals surface area contributed by atoms with Crippen LogP contribution in [0.4, 0.5) is 10.1 Å². The first kappa shape index (κ1) is 21.7. The molecule has 0 radical (unpaired) electrons. The molecule has 150 valence electrons. The highest BCUT2D eigenvalue weighted by Crippen LogP contribution is 2.17. The Morgan fingerprint density at radius 3 is 2.03 bits per heavy atom. The van der Waals surface area contributed by atoms with Gasteiger partial charge in [-0.15, -0.1) is 0 Å². The van der Waals surface area contributed by atoms with E-state index in [2.05, 4.69) is 20.1 Å². The van der Waals surface area contributed by atoms with Gasteiger partial charge in [-0.3, -0.25) is 10.1 Å². The van der Waals surface area contributed by atoms with Crippen molar-refractivity contribution in [2.45, 2.75) is 0 Å². The van der Waals surface area contributed by atoms with Crippen molar-refractivity contribution in [1.29, 1.82) is 0 Å². The molecular weight excluding hydrogens is 399 g/mol. The fourth-order valence-electron chi connectivity index (χ4n) is 2.23. The van der Waals surface area contributed by atoms with Gasteiger partial charge in [0.15, 0.2) is 5.11 Å².